The molecule has 1 amide bonds. The van der Waals surface area contributed by atoms with Gasteiger partial charge in [-0.2, -0.15) is 0 Å². The van der Waals surface area contributed by atoms with E-state index < -0.39 is 40.9 Å². The molecule has 0 aromatic carbocycles. The molecule has 3 saturated carbocycles. The zero-order valence-corrected chi connectivity index (χ0v) is 23.1. The monoisotopic (exact) mass is 550 g/mol. The van der Waals surface area contributed by atoms with Gasteiger partial charge >= 0.3 is 5.97 Å². The third kappa shape index (κ3) is 4.83. The highest BCUT2D eigenvalue weighted by molar-refractivity contribution is 6.01. The smallest absolute Gasteiger partial charge is 0.306 e. The van der Waals surface area contributed by atoms with Crippen LogP contribution >= 0.6 is 0 Å². The van der Waals surface area contributed by atoms with Crippen LogP contribution in [0.3, 0.4) is 0 Å². The number of fused-ring (bicyclic) bond motifs is 5. The summed E-state index contributed by atoms with van der Waals surface area (Å²) in [5.74, 6) is -1.62. The summed E-state index contributed by atoms with van der Waals surface area (Å²) in [6.45, 7) is 3.63. The highest BCUT2D eigenvalue weighted by Crippen LogP contribution is 2.67. The Morgan fingerprint density at radius 3 is 2.73 bits per heavy atom. The van der Waals surface area contributed by atoms with Crippen molar-refractivity contribution in [3.05, 3.63) is 53.9 Å². The molecule has 1 heterocycles. The van der Waals surface area contributed by atoms with Crippen molar-refractivity contribution in [2.24, 2.45) is 28.6 Å². The Kier molecular flexibility index (Phi) is 7.56. The summed E-state index contributed by atoms with van der Waals surface area (Å²) >= 11 is 0. The van der Waals surface area contributed by atoms with Crippen molar-refractivity contribution < 1.29 is 34.1 Å². The third-order valence-electron chi connectivity index (χ3n) is 10.2. The van der Waals surface area contributed by atoms with Crippen LogP contribution < -0.4 is 5.32 Å². The summed E-state index contributed by atoms with van der Waals surface area (Å²) in [6.07, 6.45) is 8.45. The van der Waals surface area contributed by atoms with E-state index in [1.54, 1.807) is 30.5 Å². The summed E-state index contributed by atoms with van der Waals surface area (Å²) in [7, 11) is 0. The number of ketones is 2. The molecule has 9 heteroatoms. The molecular formula is C31H38N2O7. The van der Waals surface area contributed by atoms with Crippen molar-refractivity contribution in [2.45, 2.75) is 77.0 Å². The van der Waals surface area contributed by atoms with Gasteiger partial charge in [0.25, 0.3) is 0 Å². The molecule has 4 aliphatic rings. The largest absolute Gasteiger partial charge is 0.458 e. The summed E-state index contributed by atoms with van der Waals surface area (Å²) in [5.41, 5.74) is -1.27. The summed E-state index contributed by atoms with van der Waals surface area (Å²) in [6, 6.07) is 5.37. The predicted molar refractivity (Wildman–Crippen MR) is 144 cm³/mol. The maximum absolute atomic E-state index is 13.4. The number of allylic oxidation sites excluding steroid dienone is 4. The average Bonchev–Trinajstić information content (AvgIpc) is 3.20. The quantitative estimate of drug-likeness (QED) is 0.419. The zero-order valence-electron chi connectivity index (χ0n) is 23.1. The summed E-state index contributed by atoms with van der Waals surface area (Å²) in [5, 5.41) is 25.9. The van der Waals surface area contributed by atoms with Crippen molar-refractivity contribution in [3.63, 3.8) is 0 Å². The minimum atomic E-state index is -1.72. The van der Waals surface area contributed by atoms with Gasteiger partial charge in [0.2, 0.25) is 11.7 Å². The van der Waals surface area contributed by atoms with Crippen LogP contribution in [-0.2, 0) is 30.5 Å². The molecule has 214 valence electrons. The molecular weight excluding hydrogens is 512 g/mol. The molecule has 0 bridgehead atoms. The van der Waals surface area contributed by atoms with Crippen LogP contribution in [0.5, 0.6) is 0 Å². The Morgan fingerprint density at radius 1 is 1.18 bits per heavy atom. The Bertz CT molecular complexity index is 1260. The van der Waals surface area contributed by atoms with E-state index in [1.165, 1.54) is 0 Å². The number of carbonyl (C=O) groups is 4. The second kappa shape index (κ2) is 10.7. The molecule has 0 unspecified atom stereocenters. The maximum atomic E-state index is 13.4. The van der Waals surface area contributed by atoms with Crippen molar-refractivity contribution in [2.75, 3.05) is 6.61 Å². The number of aliphatic hydroxyl groups is 2. The second-order valence-corrected chi connectivity index (χ2v) is 12.3. The molecule has 9 nitrogen and oxygen atoms in total. The number of rotatable bonds is 8. The number of nitrogens with zero attached hydrogens (tertiary/aromatic N) is 1. The first-order valence-corrected chi connectivity index (χ1v) is 14.2. The molecule has 0 spiro atoms. The predicted octanol–water partition coefficient (Wildman–Crippen LogP) is 2.60. The van der Waals surface area contributed by atoms with Crippen LogP contribution in [0.15, 0.2) is 48.2 Å². The van der Waals surface area contributed by atoms with Crippen LogP contribution in [0, 0.1) is 28.6 Å². The fraction of sp³-hybridized carbons (Fsp3) is 0.581. The SMILES string of the molecule is C[C@]12C=CC(=O)C=C1CC[C@@H]1[C@@H]2[C@@H](O)C[C@@]2(C)[C@H]1CC[C@@]2(O)C(=O)COC(=O)CCC(=O)NCc1ccccn1. The van der Waals surface area contributed by atoms with Gasteiger partial charge in [-0.25, -0.2) is 0 Å². The number of esters is 1. The molecule has 5 rings (SSSR count). The van der Waals surface area contributed by atoms with E-state index in [2.05, 4.69) is 17.2 Å². The lowest BCUT2D eigenvalue weighted by Gasteiger charge is -2.59. The lowest BCUT2D eigenvalue weighted by atomic mass is 9.46. The molecule has 0 saturated heterocycles. The average molecular weight is 551 g/mol. The van der Waals surface area contributed by atoms with E-state index in [9.17, 15) is 29.4 Å². The van der Waals surface area contributed by atoms with Gasteiger partial charge in [-0.1, -0.05) is 31.6 Å². The minimum Gasteiger partial charge on any atom is -0.458 e. The topological polar surface area (TPSA) is 143 Å². The molecule has 4 aliphatic carbocycles. The molecule has 3 fully saturated rings. The van der Waals surface area contributed by atoms with Crippen LogP contribution in [0.4, 0.5) is 0 Å². The molecule has 0 radical (unpaired) electrons. The van der Waals surface area contributed by atoms with Crippen molar-refractivity contribution in [1.29, 1.82) is 0 Å². The van der Waals surface area contributed by atoms with E-state index in [0.29, 0.717) is 12.1 Å². The molecule has 1 aromatic heterocycles. The molecule has 7 atom stereocenters. The number of aromatic nitrogens is 1. The lowest BCUT2D eigenvalue weighted by molar-refractivity contribution is -0.181. The van der Waals surface area contributed by atoms with Gasteiger partial charge in [0.15, 0.2) is 12.4 Å². The third-order valence-corrected chi connectivity index (χ3v) is 10.2. The highest BCUT2D eigenvalue weighted by Gasteiger charge is 2.68. The van der Waals surface area contributed by atoms with Gasteiger partial charge in [0, 0.05) is 29.4 Å². The first kappa shape index (κ1) is 28.4. The van der Waals surface area contributed by atoms with Crippen molar-refractivity contribution in [1.82, 2.24) is 10.3 Å². The second-order valence-electron chi connectivity index (χ2n) is 12.3. The van der Waals surface area contributed by atoms with Gasteiger partial charge < -0.3 is 20.3 Å². The standard InChI is InChI=1S/C31H38N2O7/c1-29-12-10-21(34)15-19(29)6-7-22-23-11-13-31(39,30(23,2)16-24(35)28(22)29)25(36)18-40-27(38)9-8-26(37)33-17-20-5-3-4-14-32-20/h3-5,10,12,14-15,22-24,28,35,39H,6-9,11,13,16-18H2,1-2H3,(H,33,37)/t22-,23-,24-,28+,29-,30-,31+/m0/s1. The van der Waals surface area contributed by atoms with Gasteiger partial charge in [-0.05, 0) is 68.2 Å². The highest BCUT2D eigenvalue weighted by atomic mass is 16.5. The van der Waals surface area contributed by atoms with E-state index >= 15 is 0 Å². The molecule has 40 heavy (non-hydrogen) atoms. The Hall–Kier alpha value is -3.17. The summed E-state index contributed by atoms with van der Waals surface area (Å²) < 4.78 is 5.20. The fourth-order valence-electron chi connectivity index (χ4n) is 8.12. The van der Waals surface area contributed by atoms with E-state index in [4.69, 9.17) is 4.74 Å². The van der Waals surface area contributed by atoms with Gasteiger partial charge in [-0.3, -0.25) is 24.2 Å². The van der Waals surface area contributed by atoms with Crippen LogP contribution in [0.25, 0.3) is 0 Å². The molecule has 1 aromatic rings. The molecule has 3 N–H and O–H groups in total. The number of hydrogen-bond acceptors (Lipinski definition) is 8. The summed E-state index contributed by atoms with van der Waals surface area (Å²) in [4.78, 5) is 53.9. The number of ether oxygens (including phenoxy) is 1. The Morgan fingerprint density at radius 2 is 1.98 bits per heavy atom. The van der Waals surface area contributed by atoms with E-state index in [-0.39, 0.29) is 61.7 Å². The van der Waals surface area contributed by atoms with Gasteiger partial charge in [-0.15, -0.1) is 0 Å². The van der Waals surface area contributed by atoms with Crippen LogP contribution in [0.2, 0.25) is 0 Å². The number of amides is 1. The van der Waals surface area contributed by atoms with Crippen molar-refractivity contribution in [3.8, 4) is 0 Å². The minimum absolute atomic E-state index is 0.0118. The first-order chi connectivity index (χ1) is 19.0. The number of aliphatic hydroxyl groups excluding tert-OH is 1. The molecule has 0 aliphatic heterocycles. The zero-order chi connectivity index (χ0) is 28.7. The number of carbonyl (C=O) groups excluding carboxylic acids is 4. The fourth-order valence-corrected chi connectivity index (χ4v) is 8.12. The van der Waals surface area contributed by atoms with E-state index in [1.807, 2.05) is 19.1 Å². The maximum Gasteiger partial charge on any atom is 0.306 e. The number of hydrogen-bond donors (Lipinski definition) is 3. The van der Waals surface area contributed by atoms with E-state index in [0.717, 1.165) is 18.4 Å². The number of Topliss-reactive ketones (excluding diaryl/α,β-unsaturated/α-hetero) is 1. The lowest BCUT2D eigenvalue weighted by Crippen LogP contribution is -2.61. The van der Waals surface area contributed by atoms with Crippen LogP contribution in [-0.4, -0.2) is 57.0 Å². The normalized spacial score (nSPS) is 36.1. The number of nitrogens with one attached hydrogen (secondary N) is 1. The number of pyridine rings is 1. The van der Waals surface area contributed by atoms with Crippen LogP contribution in [0.1, 0.15) is 64.5 Å². The Labute approximate surface area is 234 Å². The Balaban J connectivity index is 1.18. The van der Waals surface area contributed by atoms with Gasteiger partial charge in [0.05, 0.1) is 24.8 Å². The first-order valence-electron chi connectivity index (χ1n) is 14.2. The van der Waals surface area contributed by atoms with Crippen molar-refractivity contribution >= 4 is 23.4 Å². The van der Waals surface area contributed by atoms with Gasteiger partial charge in [0.1, 0.15) is 5.60 Å².